The zero-order valence-corrected chi connectivity index (χ0v) is 16.8. The molecule has 1 aromatic heterocycles. The van der Waals surface area contributed by atoms with Gasteiger partial charge in [0.1, 0.15) is 11.6 Å². The summed E-state index contributed by atoms with van der Waals surface area (Å²) in [5.41, 5.74) is 1.85. The second-order valence-electron chi connectivity index (χ2n) is 6.74. The van der Waals surface area contributed by atoms with Gasteiger partial charge in [-0.3, -0.25) is 19.5 Å². The van der Waals surface area contributed by atoms with Gasteiger partial charge >= 0.3 is 0 Å². The van der Waals surface area contributed by atoms with Gasteiger partial charge in [-0.25, -0.2) is 4.98 Å². The fourth-order valence-corrected chi connectivity index (χ4v) is 3.25. The van der Waals surface area contributed by atoms with E-state index in [2.05, 4.69) is 4.98 Å². The Hall–Kier alpha value is -4.26. The zero-order chi connectivity index (χ0) is 21.8. The molecule has 31 heavy (non-hydrogen) atoms. The predicted octanol–water partition coefficient (Wildman–Crippen LogP) is 4.86. The Labute approximate surface area is 178 Å². The van der Waals surface area contributed by atoms with Crippen LogP contribution in [0.5, 0.6) is 5.75 Å². The molecule has 7 heteroatoms. The van der Waals surface area contributed by atoms with E-state index in [9.17, 15) is 14.9 Å². The van der Waals surface area contributed by atoms with Crippen molar-refractivity contribution in [3.05, 3.63) is 105 Å². The first-order chi connectivity index (χ1) is 15.1. The number of aromatic nitrogens is 2. The third-order valence-electron chi connectivity index (χ3n) is 4.74. The van der Waals surface area contributed by atoms with Gasteiger partial charge < -0.3 is 4.74 Å². The van der Waals surface area contributed by atoms with Gasteiger partial charge in [0.2, 0.25) is 0 Å². The van der Waals surface area contributed by atoms with Crippen molar-refractivity contribution < 1.29 is 9.66 Å². The maximum absolute atomic E-state index is 13.3. The maximum Gasteiger partial charge on any atom is 0.269 e. The van der Waals surface area contributed by atoms with Gasteiger partial charge in [-0.1, -0.05) is 18.2 Å². The molecule has 7 nitrogen and oxygen atoms in total. The van der Waals surface area contributed by atoms with Gasteiger partial charge in [0, 0.05) is 12.1 Å². The highest BCUT2D eigenvalue weighted by molar-refractivity contribution is 5.80. The van der Waals surface area contributed by atoms with Crippen LogP contribution in [0.25, 0.3) is 28.7 Å². The van der Waals surface area contributed by atoms with Crippen molar-refractivity contribution in [1.29, 1.82) is 0 Å². The van der Waals surface area contributed by atoms with E-state index in [-0.39, 0.29) is 11.2 Å². The molecular formula is C24H19N3O4. The van der Waals surface area contributed by atoms with Crippen LogP contribution in [0.2, 0.25) is 0 Å². The molecule has 0 N–H and O–H groups in total. The highest BCUT2D eigenvalue weighted by Crippen LogP contribution is 2.19. The molecule has 4 aromatic rings. The van der Waals surface area contributed by atoms with Crippen molar-refractivity contribution in [3.63, 3.8) is 0 Å². The Morgan fingerprint density at radius 1 is 1.00 bits per heavy atom. The molecule has 0 unspecified atom stereocenters. The van der Waals surface area contributed by atoms with Gasteiger partial charge in [0.25, 0.3) is 11.2 Å². The highest BCUT2D eigenvalue weighted by Gasteiger charge is 2.11. The Kier molecular flexibility index (Phi) is 5.57. The van der Waals surface area contributed by atoms with Gasteiger partial charge in [0.15, 0.2) is 0 Å². The van der Waals surface area contributed by atoms with E-state index in [1.165, 1.54) is 12.1 Å². The summed E-state index contributed by atoms with van der Waals surface area (Å²) in [5.74, 6) is 1.17. The number of non-ortho nitro benzene ring substituents is 1. The van der Waals surface area contributed by atoms with Crippen molar-refractivity contribution in [3.8, 4) is 11.4 Å². The molecule has 0 aliphatic rings. The van der Waals surface area contributed by atoms with Crippen molar-refractivity contribution >= 4 is 28.7 Å². The fraction of sp³-hybridized carbons (Fsp3) is 0.0833. The van der Waals surface area contributed by atoms with Crippen LogP contribution in [-0.4, -0.2) is 21.1 Å². The summed E-state index contributed by atoms with van der Waals surface area (Å²) in [7, 11) is 0. The monoisotopic (exact) mass is 413 g/mol. The van der Waals surface area contributed by atoms with E-state index < -0.39 is 4.92 Å². The number of hydrogen-bond acceptors (Lipinski definition) is 5. The molecule has 0 aliphatic carbocycles. The first kappa shape index (κ1) is 20.0. The number of ether oxygens (including phenoxy) is 1. The van der Waals surface area contributed by atoms with E-state index >= 15 is 0 Å². The molecule has 0 amide bonds. The number of benzene rings is 3. The van der Waals surface area contributed by atoms with Crippen LogP contribution in [0.15, 0.2) is 77.6 Å². The smallest absolute Gasteiger partial charge is 0.269 e. The molecule has 0 saturated carbocycles. The number of para-hydroxylation sites is 1. The molecule has 4 rings (SSSR count). The second kappa shape index (κ2) is 8.62. The quantitative estimate of drug-likeness (QED) is 0.333. The third-order valence-corrected chi connectivity index (χ3v) is 4.74. The van der Waals surface area contributed by atoms with E-state index in [1.807, 2.05) is 37.3 Å². The Balaban J connectivity index is 1.82. The molecule has 0 fully saturated rings. The summed E-state index contributed by atoms with van der Waals surface area (Å²) >= 11 is 0. The summed E-state index contributed by atoms with van der Waals surface area (Å²) in [6.07, 6.45) is 3.50. The Morgan fingerprint density at radius 3 is 2.39 bits per heavy atom. The molecular weight excluding hydrogens is 394 g/mol. The lowest BCUT2D eigenvalue weighted by Gasteiger charge is -2.12. The van der Waals surface area contributed by atoms with Crippen LogP contribution >= 0.6 is 0 Å². The number of nitro groups is 1. The minimum Gasteiger partial charge on any atom is -0.494 e. The molecule has 0 atom stereocenters. The lowest BCUT2D eigenvalue weighted by Crippen LogP contribution is -2.22. The van der Waals surface area contributed by atoms with Crippen LogP contribution in [-0.2, 0) is 0 Å². The summed E-state index contributed by atoms with van der Waals surface area (Å²) in [5, 5.41) is 11.4. The Morgan fingerprint density at radius 2 is 1.71 bits per heavy atom. The number of rotatable bonds is 6. The van der Waals surface area contributed by atoms with Crippen LogP contribution in [0, 0.1) is 10.1 Å². The first-order valence-corrected chi connectivity index (χ1v) is 9.74. The molecule has 3 aromatic carbocycles. The van der Waals surface area contributed by atoms with Crippen LogP contribution in [0.1, 0.15) is 18.3 Å². The summed E-state index contributed by atoms with van der Waals surface area (Å²) in [4.78, 5) is 28.4. The van der Waals surface area contributed by atoms with Gasteiger partial charge in [0.05, 0.1) is 28.1 Å². The Bertz CT molecular complexity index is 1320. The number of fused-ring (bicyclic) bond motifs is 1. The summed E-state index contributed by atoms with van der Waals surface area (Å²) < 4.78 is 7.04. The first-order valence-electron chi connectivity index (χ1n) is 9.74. The zero-order valence-electron chi connectivity index (χ0n) is 16.8. The standard InChI is InChI=1S/C24H19N3O4/c1-2-31-20-14-12-18(13-15-20)26-23(25-22-6-4-3-5-21(22)24(26)28)16-9-17-7-10-19(11-8-17)27(29)30/h3-16H,2H2,1H3/b16-9+. The molecule has 0 spiro atoms. The van der Waals surface area contributed by atoms with E-state index in [0.717, 1.165) is 11.3 Å². The van der Waals surface area contributed by atoms with Crippen LogP contribution in [0.3, 0.4) is 0 Å². The molecule has 0 saturated heterocycles. The minimum atomic E-state index is -0.442. The largest absolute Gasteiger partial charge is 0.494 e. The topological polar surface area (TPSA) is 87.3 Å². The summed E-state index contributed by atoms with van der Waals surface area (Å²) in [6.45, 7) is 2.47. The predicted molar refractivity (Wildman–Crippen MR) is 121 cm³/mol. The lowest BCUT2D eigenvalue weighted by atomic mass is 10.2. The minimum absolute atomic E-state index is 0.0206. The third kappa shape index (κ3) is 4.20. The van der Waals surface area contributed by atoms with Crippen molar-refractivity contribution in [1.82, 2.24) is 9.55 Å². The van der Waals surface area contributed by atoms with Crippen LogP contribution in [0.4, 0.5) is 5.69 Å². The van der Waals surface area contributed by atoms with Crippen molar-refractivity contribution in [2.45, 2.75) is 6.92 Å². The second-order valence-corrected chi connectivity index (χ2v) is 6.74. The van der Waals surface area contributed by atoms with Crippen LogP contribution < -0.4 is 10.3 Å². The maximum atomic E-state index is 13.3. The number of hydrogen-bond donors (Lipinski definition) is 0. The van der Waals surface area contributed by atoms with Gasteiger partial charge in [-0.05, 0) is 67.1 Å². The average Bonchev–Trinajstić information content (AvgIpc) is 2.79. The molecule has 0 bridgehead atoms. The normalized spacial score (nSPS) is 11.1. The number of nitro benzene ring substituents is 1. The van der Waals surface area contributed by atoms with Gasteiger partial charge in [-0.15, -0.1) is 0 Å². The SMILES string of the molecule is CCOc1ccc(-n2c(/C=C/c3ccc([N+](=O)[O-])cc3)nc3ccccc3c2=O)cc1. The average molecular weight is 413 g/mol. The van der Waals surface area contributed by atoms with Crippen molar-refractivity contribution in [2.24, 2.45) is 0 Å². The van der Waals surface area contributed by atoms with Gasteiger partial charge in [-0.2, -0.15) is 0 Å². The molecule has 154 valence electrons. The van der Waals surface area contributed by atoms with Crippen molar-refractivity contribution in [2.75, 3.05) is 6.61 Å². The molecule has 0 radical (unpaired) electrons. The fourth-order valence-electron chi connectivity index (χ4n) is 3.25. The number of nitrogens with zero attached hydrogens (tertiary/aromatic N) is 3. The lowest BCUT2D eigenvalue weighted by molar-refractivity contribution is -0.384. The summed E-state index contributed by atoms with van der Waals surface area (Å²) in [6, 6.07) is 20.6. The van der Waals surface area contributed by atoms with E-state index in [0.29, 0.717) is 29.0 Å². The van der Waals surface area contributed by atoms with E-state index in [1.54, 1.807) is 47.1 Å². The van der Waals surface area contributed by atoms with E-state index in [4.69, 9.17) is 4.74 Å². The highest BCUT2D eigenvalue weighted by atomic mass is 16.6. The molecule has 1 heterocycles. The molecule has 0 aliphatic heterocycles.